The highest BCUT2D eigenvalue weighted by Crippen LogP contribution is 2.44. The Balaban J connectivity index is 2.02. The van der Waals surface area contributed by atoms with Crippen molar-refractivity contribution in [3.8, 4) is 12.3 Å². The van der Waals surface area contributed by atoms with Crippen molar-refractivity contribution in [1.82, 2.24) is 0 Å². The van der Waals surface area contributed by atoms with Crippen LogP contribution in [0.5, 0.6) is 0 Å². The van der Waals surface area contributed by atoms with Gasteiger partial charge < -0.3 is 4.90 Å². The quantitative estimate of drug-likeness (QED) is 0.531. The highest BCUT2D eigenvalue weighted by atomic mass is 79.9. The van der Waals surface area contributed by atoms with Crippen LogP contribution in [0.25, 0.3) is 10.8 Å². The van der Waals surface area contributed by atoms with E-state index in [2.05, 4.69) is 21.9 Å². The molecule has 1 atom stereocenters. The molecule has 1 aliphatic heterocycles. The number of terminal acetylenes is 1. The van der Waals surface area contributed by atoms with Crippen molar-refractivity contribution in [2.24, 2.45) is 0 Å². The van der Waals surface area contributed by atoms with Gasteiger partial charge in [-0.1, -0.05) is 52.2 Å². The monoisotopic (exact) mass is 407 g/mol. The normalized spacial score (nSPS) is 16.4. The van der Waals surface area contributed by atoms with Crippen LogP contribution in [-0.2, 0) is 4.79 Å². The van der Waals surface area contributed by atoms with Gasteiger partial charge in [-0.05, 0) is 46.2 Å². The molecular weight excluding hydrogens is 393 g/mol. The Morgan fingerprint density at radius 3 is 2.81 bits per heavy atom. The Kier molecular flexibility index (Phi) is 4.26. The molecule has 1 unspecified atom stereocenters. The first kappa shape index (κ1) is 16.8. The summed E-state index contributed by atoms with van der Waals surface area (Å²) < 4.78 is 15.4. The van der Waals surface area contributed by atoms with Gasteiger partial charge in [0.15, 0.2) is 0 Å². The molecule has 0 saturated heterocycles. The van der Waals surface area contributed by atoms with Crippen molar-refractivity contribution < 1.29 is 9.18 Å². The Morgan fingerprint density at radius 2 is 2.00 bits per heavy atom. The van der Waals surface area contributed by atoms with Gasteiger partial charge in [0.25, 0.3) is 0 Å². The van der Waals surface area contributed by atoms with Crippen LogP contribution in [0.1, 0.15) is 23.5 Å². The van der Waals surface area contributed by atoms with Gasteiger partial charge in [0.05, 0.1) is 6.54 Å². The van der Waals surface area contributed by atoms with Gasteiger partial charge in [-0.2, -0.15) is 0 Å². The first-order chi connectivity index (χ1) is 12.6. The number of halogens is 2. The maximum Gasteiger partial charge on any atom is 0.228 e. The zero-order chi connectivity index (χ0) is 18.3. The third-order valence-electron chi connectivity index (χ3n) is 4.85. The van der Waals surface area contributed by atoms with Crippen molar-refractivity contribution >= 4 is 38.3 Å². The molecule has 1 amide bonds. The Morgan fingerprint density at radius 1 is 1.19 bits per heavy atom. The van der Waals surface area contributed by atoms with Gasteiger partial charge in [0.1, 0.15) is 5.82 Å². The van der Waals surface area contributed by atoms with E-state index in [1.807, 2.05) is 36.4 Å². The summed E-state index contributed by atoms with van der Waals surface area (Å²) in [6.07, 6.45) is 5.66. The van der Waals surface area contributed by atoms with E-state index in [0.717, 1.165) is 26.5 Å². The molecule has 0 radical (unpaired) electrons. The molecule has 0 bridgehead atoms. The Labute approximate surface area is 159 Å². The van der Waals surface area contributed by atoms with E-state index in [9.17, 15) is 9.18 Å². The number of amides is 1. The summed E-state index contributed by atoms with van der Waals surface area (Å²) in [6.45, 7) is 0.206. The number of anilines is 1. The van der Waals surface area contributed by atoms with Crippen LogP contribution >= 0.6 is 15.9 Å². The fourth-order valence-corrected chi connectivity index (χ4v) is 4.10. The first-order valence-corrected chi connectivity index (χ1v) is 9.10. The minimum Gasteiger partial charge on any atom is -0.300 e. The summed E-state index contributed by atoms with van der Waals surface area (Å²) in [5.74, 6) is 1.81. The second kappa shape index (κ2) is 6.59. The van der Waals surface area contributed by atoms with Crippen molar-refractivity contribution in [2.75, 3.05) is 11.4 Å². The molecule has 3 aromatic carbocycles. The zero-order valence-electron chi connectivity index (χ0n) is 13.9. The van der Waals surface area contributed by atoms with Crippen molar-refractivity contribution in [1.29, 1.82) is 0 Å². The smallest absolute Gasteiger partial charge is 0.228 e. The number of carbonyl (C=O) groups excluding carboxylic acids is 1. The molecule has 4 heteroatoms. The minimum absolute atomic E-state index is 0.0879. The minimum atomic E-state index is -0.352. The van der Waals surface area contributed by atoms with Crippen LogP contribution < -0.4 is 4.90 Å². The lowest BCUT2D eigenvalue weighted by Gasteiger charge is -2.34. The van der Waals surface area contributed by atoms with E-state index >= 15 is 0 Å². The molecule has 0 N–H and O–H groups in total. The number of carbonyl (C=O) groups is 1. The molecule has 128 valence electrons. The summed E-state index contributed by atoms with van der Waals surface area (Å²) in [5.41, 5.74) is 2.24. The number of benzene rings is 3. The second-order valence-electron chi connectivity index (χ2n) is 6.33. The first-order valence-electron chi connectivity index (χ1n) is 8.30. The Bertz CT molecular complexity index is 1070. The van der Waals surface area contributed by atoms with E-state index in [4.69, 9.17) is 6.42 Å². The summed E-state index contributed by atoms with van der Waals surface area (Å²) >= 11 is 3.42. The number of rotatable bonds is 2. The molecule has 4 rings (SSSR count). The summed E-state index contributed by atoms with van der Waals surface area (Å²) in [6, 6.07) is 16.7. The predicted octanol–water partition coefficient (Wildman–Crippen LogP) is 5.24. The topological polar surface area (TPSA) is 20.3 Å². The van der Waals surface area contributed by atoms with E-state index in [1.165, 1.54) is 6.07 Å². The molecule has 0 spiro atoms. The van der Waals surface area contributed by atoms with E-state index in [-0.39, 0.29) is 30.6 Å². The van der Waals surface area contributed by atoms with Crippen LogP contribution in [-0.4, -0.2) is 12.5 Å². The van der Waals surface area contributed by atoms with Crippen molar-refractivity contribution in [3.63, 3.8) is 0 Å². The number of hydrogen-bond acceptors (Lipinski definition) is 1. The summed E-state index contributed by atoms with van der Waals surface area (Å²) in [5, 5.41) is 2.07. The predicted molar refractivity (Wildman–Crippen MR) is 106 cm³/mol. The molecule has 0 aromatic heterocycles. The van der Waals surface area contributed by atoms with Crippen LogP contribution in [0.3, 0.4) is 0 Å². The summed E-state index contributed by atoms with van der Waals surface area (Å²) in [7, 11) is 0. The SMILES string of the molecule is C#CCN1C(=O)CC(c2cc(Br)ccc2F)c2c1ccc1ccccc21. The van der Waals surface area contributed by atoms with Crippen molar-refractivity contribution in [3.05, 3.63) is 76.0 Å². The fourth-order valence-electron chi connectivity index (χ4n) is 3.72. The fraction of sp³-hybridized carbons (Fsp3) is 0.136. The molecule has 26 heavy (non-hydrogen) atoms. The van der Waals surface area contributed by atoms with Crippen LogP contribution in [0.4, 0.5) is 10.1 Å². The standard InChI is InChI=1S/C22H15BrFNO/c1-2-11-25-20-10-7-14-5-3-4-6-16(14)22(20)18(13-21(25)26)17-12-15(23)8-9-19(17)24/h1,3-10,12,18H,11,13H2. The molecule has 2 nitrogen and oxygen atoms in total. The van der Waals surface area contributed by atoms with E-state index < -0.39 is 0 Å². The van der Waals surface area contributed by atoms with Gasteiger partial charge in [0, 0.05) is 22.5 Å². The van der Waals surface area contributed by atoms with Crippen LogP contribution in [0.2, 0.25) is 0 Å². The largest absolute Gasteiger partial charge is 0.300 e. The lowest BCUT2D eigenvalue weighted by molar-refractivity contribution is -0.119. The summed E-state index contributed by atoms with van der Waals surface area (Å²) in [4.78, 5) is 14.4. The van der Waals surface area contributed by atoms with Gasteiger partial charge in [-0.25, -0.2) is 4.39 Å². The number of hydrogen-bond donors (Lipinski definition) is 0. The highest BCUT2D eigenvalue weighted by Gasteiger charge is 2.34. The lowest BCUT2D eigenvalue weighted by Crippen LogP contribution is -2.37. The Hall–Kier alpha value is -2.64. The lowest BCUT2D eigenvalue weighted by atomic mass is 9.81. The maximum atomic E-state index is 14.6. The molecular formula is C22H15BrFNO. The van der Waals surface area contributed by atoms with Gasteiger partial charge in [-0.3, -0.25) is 4.79 Å². The molecule has 3 aromatic rings. The van der Waals surface area contributed by atoms with Gasteiger partial charge in [0.2, 0.25) is 5.91 Å². The molecule has 1 heterocycles. The van der Waals surface area contributed by atoms with E-state index in [1.54, 1.807) is 17.0 Å². The van der Waals surface area contributed by atoms with Gasteiger partial charge in [-0.15, -0.1) is 6.42 Å². The molecule has 0 fully saturated rings. The maximum absolute atomic E-state index is 14.6. The van der Waals surface area contributed by atoms with Crippen LogP contribution in [0.15, 0.2) is 59.1 Å². The number of fused-ring (bicyclic) bond motifs is 3. The molecule has 0 saturated carbocycles. The molecule has 0 aliphatic carbocycles. The zero-order valence-corrected chi connectivity index (χ0v) is 15.5. The number of nitrogens with zero attached hydrogens (tertiary/aromatic N) is 1. The average molecular weight is 408 g/mol. The second-order valence-corrected chi connectivity index (χ2v) is 7.24. The van der Waals surface area contributed by atoms with Gasteiger partial charge >= 0.3 is 0 Å². The van der Waals surface area contributed by atoms with E-state index in [0.29, 0.717) is 5.56 Å². The average Bonchev–Trinajstić information content (AvgIpc) is 2.65. The van der Waals surface area contributed by atoms with Crippen molar-refractivity contribution in [2.45, 2.75) is 12.3 Å². The van der Waals surface area contributed by atoms with Crippen LogP contribution in [0, 0.1) is 18.2 Å². The molecule has 1 aliphatic rings. The third kappa shape index (κ3) is 2.69. The third-order valence-corrected chi connectivity index (χ3v) is 5.34. The highest BCUT2D eigenvalue weighted by molar-refractivity contribution is 9.10.